The molecule has 0 spiro atoms. The van der Waals surface area contributed by atoms with Gasteiger partial charge >= 0.3 is 0 Å². The molecule has 1 N–H and O–H groups in total. The predicted molar refractivity (Wildman–Crippen MR) is 102 cm³/mol. The number of pyridine rings is 1. The third-order valence-corrected chi connectivity index (χ3v) is 4.94. The van der Waals surface area contributed by atoms with Crippen molar-refractivity contribution in [2.24, 2.45) is 5.92 Å². The fourth-order valence-electron chi connectivity index (χ4n) is 3.10. The normalized spacial score (nSPS) is 14.0. The number of nitrogens with zero attached hydrogens (tertiary/aromatic N) is 4. The number of hydrogen-bond acceptors (Lipinski definition) is 4. The maximum absolute atomic E-state index is 12.2. The molecule has 0 aliphatic heterocycles. The van der Waals surface area contributed by atoms with E-state index in [-0.39, 0.29) is 17.7 Å². The van der Waals surface area contributed by atoms with Gasteiger partial charge in [-0.3, -0.25) is 14.0 Å². The number of carbonyl (C=O) groups excluding carboxylic acids is 2. The van der Waals surface area contributed by atoms with Gasteiger partial charge in [-0.05, 0) is 37.1 Å². The molecule has 1 aromatic carbocycles. The van der Waals surface area contributed by atoms with Gasteiger partial charge < -0.3 is 10.2 Å². The monoisotopic (exact) mass is 363 g/mol. The van der Waals surface area contributed by atoms with Gasteiger partial charge in [-0.25, -0.2) is 0 Å². The summed E-state index contributed by atoms with van der Waals surface area (Å²) in [6.07, 6.45) is 4.88. The van der Waals surface area contributed by atoms with Gasteiger partial charge in [0.1, 0.15) is 0 Å². The lowest BCUT2D eigenvalue weighted by Gasteiger charge is -2.24. The second-order valence-electron chi connectivity index (χ2n) is 7.06. The minimum absolute atomic E-state index is 0.0476. The molecule has 2 aromatic heterocycles. The van der Waals surface area contributed by atoms with Gasteiger partial charge in [0.05, 0.1) is 5.69 Å². The standard InChI is InChI=1S/C20H21N5O2/c1-24(2)20(27)15-8-6-13(7-9-15)18-23-22-17-11-10-16(12-25(17)18)21-19(26)14-4-3-5-14/h6-12,14H,3-5H2,1-2H3,(H,21,26). The molecule has 1 aliphatic rings. The Hall–Kier alpha value is -3.22. The van der Waals surface area contributed by atoms with Crippen LogP contribution in [0.2, 0.25) is 0 Å². The number of nitrogens with one attached hydrogen (secondary N) is 1. The van der Waals surface area contributed by atoms with E-state index in [9.17, 15) is 9.59 Å². The Balaban J connectivity index is 1.62. The summed E-state index contributed by atoms with van der Waals surface area (Å²) < 4.78 is 1.85. The third kappa shape index (κ3) is 3.28. The van der Waals surface area contributed by atoms with Crippen LogP contribution in [-0.4, -0.2) is 45.4 Å². The lowest BCUT2D eigenvalue weighted by atomic mass is 9.85. The predicted octanol–water partition coefficient (Wildman–Crippen LogP) is 2.84. The van der Waals surface area contributed by atoms with Gasteiger partial charge in [-0.1, -0.05) is 18.6 Å². The van der Waals surface area contributed by atoms with Gasteiger partial charge in [0.25, 0.3) is 5.91 Å². The maximum atomic E-state index is 12.2. The van der Waals surface area contributed by atoms with Crippen LogP contribution < -0.4 is 5.32 Å². The minimum atomic E-state index is -0.0476. The topological polar surface area (TPSA) is 79.6 Å². The molecule has 0 saturated heterocycles. The molecule has 0 bridgehead atoms. The molecule has 138 valence electrons. The van der Waals surface area contributed by atoms with E-state index < -0.39 is 0 Å². The highest BCUT2D eigenvalue weighted by Crippen LogP contribution is 2.28. The number of benzene rings is 1. The van der Waals surface area contributed by atoms with Crippen molar-refractivity contribution in [1.82, 2.24) is 19.5 Å². The summed E-state index contributed by atoms with van der Waals surface area (Å²) in [6, 6.07) is 10.9. The lowest BCUT2D eigenvalue weighted by molar-refractivity contribution is -0.122. The van der Waals surface area contributed by atoms with Crippen LogP contribution >= 0.6 is 0 Å². The van der Waals surface area contributed by atoms with Crippen molar-refractivity contribution in [3.8, 4) is 11.4 Å². The third-order valence-electron chi connectivity index (χ3n) is 4.94. The Morgan fingerprint density at radius 2 is 1.81 bits per heavy atom. The van der Waals surface area contributed by atoms with Crippen molar-refractivity contribution < 1.29 is 9.59 Å². The molecule has 2 heterocycles. The number of carbonyl (C=O) groups is 2. The van der Waals surface area contributed by atoms with Crippen molar-refractivity contribution in [1.29, 1.82) is 0 Å². The van der Waals surface area contributed by atoms with E-state index in [1.807, 2.05) is 34.9 Å². The van der Waals surface area contributed by atoms with Crippen LogP contribution in [0.15, 0.2) is 42.6 Å². The van der Waals surface area contributed by atoms with E-state index in [1.54, 1.807) is 31.1 Å². The SMILES string of the molecule is CN(C)C(=O)c1ccc(-c2nnc3ccc(NC(=O)C4CCC4)cn23)cc1. The van der Waals surface area contributed by atoms with Crippen LogP contribution in [0.1, 0.15) is 29.6 Å². The number of anilines is 1. The molecule has 0 unspecified atom stereocenters. The van der Waals surface area contributed by atoms with Gasteiger partial charge in [-0.15, -0.1) is 10.2 Å². The molecule has 1 aliphatic carbocycles. The van der Waals surface area contributed by atoms with E-state index in [4.69, 9.17) is 0 Å². The van der Waals surface area contributed by atoms with Crippen LogP contribution in [0.5, 0.6) is 0 Å². The Morgan fingerprint density at radius 1 is 1.07 bits per heavy atom. The first kappa shape index (κ1) is 17.2. The molecule has 1 fully saturated rings. The summed E-state index contributed by atoms with van der Waals surface area (Å²) in [5.74, 6) is 0.812. The summed E-state index contributed by atoms with van der Waals surface area (Å²) in [4.78, 5) is 25.8. The van der Waals surface area contributed by atoms with Crippen LogP contribution in [0.4, 0.5) is 5.69 Å². The zero-order valence-electron chi connectivity index (χ0n) is 15.3. The molecule has 0 radical (unpaired) electrons. The van der Waals surface area contributed by atoms with E-state index in [2.05, 4.69) is 15.5 Å². The molecular weight excluding hydrogens is 342 g/mol. The maximum Gasteiger partial charge on any atom is 0.253 e. The smallest absolute Gasteiger partial charge is 0.253 e. The molecule has 27 heavy (non-hydrogen) atoms. The second kappa shape index (κ2) is 6.83. The molecule has 0 atom stereocenters. The molecule has 7 nitrogen and oxygen atoms in total. The van der Waals surface area contributed by atoms with Crippen LogP contribution in [0.3, 0.4) is 0 Å². The second-order valence-corrected chi connectivity index (χ2v) is 7.06. The highest BCUT2D eigenvalue weighted by molar-refractivity contribution is 5.94. The first-order valence-electron chi connectivity index (χ1n) is 9.00. The van der Waals surface area contributed by atoms with Crippen molar-refractivity contribution in [3.63, 3.8) is 0 Å². The van der Waals surface area contributed by atoms with Crippen molar-refractivity contribution in [2.75, 3.05) is 19.4 Å². The Kier molecular flexibility index (Phi) is 4.35. The van der Waals surface area contributed by atoms with Gasteiger partial charge in [0, 0.05) is 37.3 Å². The Bertz CT molecular complexity index is 1000. The fraction of sp³-hybridized carbons (Fsp3) is 0.300. The summed E-state index contributed by atoms with van der Waals surface area (Å²) in [5, 5.41) is 11.4. The van der Waals surface area contributed by atoms with E-state index >= 15 is 0 Å². The Morgan fingerprint density at radius 3 is 2.44 bits per heavy atom. The minimum Gasteiger partial charge on any atom is -0.345 e. The summed E-state index contributed by atoms with van der Waals surface area (Å²) in [5.41, 5.74) is 2.88. The van der Waals surface area contributed by atoms with Gasteiger partial charge in [0.15, 0.2) is 11.5 Å². The molecule has 4 rings (SSSR count). The number of fused-ring (bicyclic) bond motifs is 1. The van der Waals surface area contributed by atoms with Gasteiger partial charge in [0.2, 0.25) is 5.91 Å². The first-order valence-corrected chi connectivity index (χ1v) is 9.00. The highest BCUT2D eigenvalue weighted by Gasteiger charge is 2.25. The largest absolute Gasteiger partial charge is 0.345 e. The molecule has 7 heteroatoms. The zero-order valence-corrected chi connectivity index (χ0v) is 15.3. The summed E-state index contributed by atoms with van der Waals surface area (Å²) in [7, 11) is 3.45. The van der Waals surface area contributed by atoms with Crippen LogP contribution in [0, 0.1) is 5.92 Å². The van der Waals surface area contributed by atoms with Gasteiger partial charge in [-0.2, -0.15) is 0 Å². The number of amides is 2. The lowest BCUT2D eigenvalue weighted by Crippen LogP contribution is -2.28. The summed E-state index contributed by atoms with van der Waals surface area (Å²) in [6.45, 7) is 0. The fourth-order valence-corrected chi connectivity index (χ4v) is 3.10. The number of hydrogen-bond donors (Lipinski definition) is 1. The molecular formula is C20H21N5O2. The van der Waals surface area contributed by atoms with Crippen molar-refractivity contribution in [2.45, 2.75) is 19.3 Å². The Labute approximate surface area is 157 Å². The van der Waals surface area contributed by atoms with E-state index in [0.717, 1.165) is 30.5 Å². The average Bonchev–Trinajstić information content (AvgIpc) is 3.02. The van der Waals surface area contributed by atoms with Crippen LogP contribution in [0.25, 0.3) is 17.0 Å². The summed E-state index contributed by atoms with van der Waals surface area (Å²) >= 11 is 0. The average molecular weight is 363 g/mol. The van der Waals surface area contributed by atoms with E-state index in [0.29, 0.717) is 17.0 Å². The number of aromatic nitrogens is 3. The number of rotatable bonds is 4. The van der Waals surface area contributed by atoms with Crippen molar-refractivity contribution >= 4 is 23.1 Å². The highest BCUT2D eigenvalue weighted by atomic mass is 16.2. The first-order chi connectivity index (χ1) is 13.0. The molecule has 3 aromatic rings. The van der Waals surface area contributed by atoms with Crippen molar-refractivity contribution in [3.05, 3.63) is 48.2 Å². The quantitative estimate of drug-likeness (QED) is 0.773. The van der Waals surface area contributed by atoms with Crippen LogP contribution in [-0.2, 0) is 4.79 Å². The van der Waals surface area contributed by atoms with E-state index in [1.165, 1.54) is 0 Å². The zero-order chi connectivity index (χ0) is 19.0. The molecule has 1 saturated carbocycles. The molecule has 2 amide bonds.